The molecule has 0 saturated carbocycles. The van der Waals surface area contributed by atoms with E-state index in [9.17, 15) is 18.5 Å². The van der Waals surface area contributed by atoms with Crippen molar-refractivity contribution >= 4 is 21.7 Å². The average molecular weight is 349 g/mol. The van der Waals surface area contributed by atoms with E-state index in [1.165, 1.54) is 14.2 Å². The van der Waals surface area contributed by atoms with Gasteiger partial charge < -0.3 is 14.8 Å². The minimum atomic E-state index is -3.44. The van der Waals surface area contributed by atoms with Gasteiger partial charge in [0, 0.05) is 12.6 Å². The van der Waals surface area contributed by atoms with E-state index >= 15 is 0 Å². The summed E-state index contributed by atoms with van der Waals surface area (Å²) < 4.78 is 35.5. The molecule has 2 N–H and O–H groups in total. The molecule has 1 heterocycles. The molecule has 0 unspecified atom stereocenters. The van der Waals surface area contributed by atoms with E-state index in [1.54, 1.807) is 13.8 Å². The number of hydrogen-bond donors (Lipinski definition) is 2. The Bertz CT molecular complexity index is 638. The summed E-state index contributed by atoms with van der Waals surface area (Å²) in [5.41, 5.74) is -0.505. The third-order valence-electron chi connectivity index (χ3n) is 2.46. The van der Waals surface area contributed by atoms with Crippen LogP contribution in [-0.4, -0.2) is 55.9 Å². The fourth-order valence-electron chi connectivity index (χ4n) is 1.65. The fraction of sp³-hybridized carbons (Fsp3) is 0.636. The average Bonchev–Trinajstić information content (AvgIpc) is 2.44. The van der Waals surface area contributed by atoms with Gasteiger partial charge in [-0.25, -0.2) is 13.1 Å². The van der Waals surface area contributed by atoms with Gasteiger partial charge in [-0.15, -0.1) is 0 Å². The maximum absolute atomic E-state index is 11.7. The first-order valence-electron chi connectivity index (χ1n) is 6.58. The number of rotatable bonds is 9. The van der Waals surface area contributed by atoms with Gasteiger partial charge in [-0.1, -0.05) is 0 Å². The second-order valence-electron chi connectivity index (χ2n) is 4.69. The summed E-state index contributed by atoms with van der Waals surface area (Å²) in [5, 5.41) is 13.6. The Balaban J connectivity index is 2.88. The van der Waals surface area contributed by atoms with Crippen molar-refractivity contribution in [1.29, 1.82) is 0 Å². The van der Waals surface area contributed by atoms with Gasteiger partial charge >= 0.3 is 17.4 Å². The number of ether oxygens (including phenoxy) is 2. The van der Waals surface area contributed by atoms with Crippen LogP contribution in [0, 0.1) is 10.1 Å². The van der Waals surface area contributed by atoms with Crippen molar-refractivity contribution in [2.45, 2.75) is 19.9 Å². The highest BCUT2D eigenvalue weighted by atomic mass is 32.2. The van der Waals surface area contributed by atoms with Crippen LogP contribution < -0.4 is 19.5 Å². The number of methoxy groups -OCH3 is 2. The van der Waals surface area contributed by atoms with Crippen molar-refractivity contribution in [3.8, 4) is 11.8 Å². The molecule has 0 aliphatic heterocycles. The van der Waals surface area contributed by atoms with Crippen LogP contribution in [0.25, 0.3) is 0 Å². The summed E-state index contributed by atoms with van der Waals surface area (Å²) in [6.45, 7) is 3.42. The van der Waals surface area contributed by atoms with Gasteiger partial charge in [0.25, 0.3) is 0 Å². The van der Waals surface area contributed by atoms with Gasteiger partial charge in [-0.05, 0) is 13.8 Å². The van der Waals surface area contributed by atoms with Crippen LogP contribution in [0.4, 0.5) is 11.6 Å². The molecule has 1 aromatic rings. The second kappa shape index (κ2) is 7.87. The van der Waals surface area contributed by atoms with Crippen LogP contribution in [0.2, 0.25) is 0 Å². The molecule has 0 atom stereocenters. The van der Waals surface area contributed by atoms with Gasteiger partial charge in [0.2, 0.25) is 16.0 Å². The molecule has 1 rings (SSSR count). The Morgan fingerprint density at radius 2 is 1.74 bits per heavy atom. The zero-order valence-electron chi connectivity index (χ0n) is 13.2. The van der Waals surface area contributed by atoms with Crippen molar-refractivity contribution in [3.63, 3.8) is 0 Å². The number of nitrogens with one attached hydrogen (secondary N) is 2. The lowest BCUT2D eigenvalue weighted by Crippen LogP contribution is -2.34. The number of nitrogens with zero attached hydrogens (tertiary/aromatic N) is 3. The third-order valence-corrected chi connectivity index (χ3v) is 4.03. The van der Waals surface area contributed by atoms with Gasteiger partial charge in [0.15, 0.2) is 0 Å². The lowest BCUT2D eigenvalue weighted by atomic mass is 10.4. The zero-order chi connectivity index (χ0) is 17.6. The molecule has 0 saturated heterocycles. The Kier molecular flexibility index (Phi) is 6.45. The predicted octanol–water partition coefficient (Wildman–Crippen LogP) is 0.142. The minimum absolute atomic E-state index is 0.00612. The summed E-state index contributed by atoms with van der Waals surface area (Å²) in [6, 6.07) is -0.212. The highest BCUT2D eigenvalue weighted by Gasteiger charge is 2.27. The summed E-state index contributed by atoms with van der Waals surface area (Å²) in [4.78, 5) is 17.9. The molecule has 0 amide bonds. The molecule has 0 fully saturated rings. The highest BCUT2D eigenvalue weighted by Crippen LogP contribution is 2.34. The first-order chi connectivity index (χ1) is 10.7. The Morgan fingerprint density at radius 3 is 2.13 bits per heavy atom. The monoisotopic (exact) mass is 349 g/mol. The van der Waals surface area contributed by atoms with Crippen LogP contribution in [0.5, 0.6) is 11.8 Å². The quantitative estimate of drug-likeness (QED) is 0.469. The Morgan fingerprint density at radius 1 is 1.22 bits per heavy atom. The number of anilines is 1. The van der Waals surface area contributed by atoms with Gasteiger partial charge in [-0.2, -0.15) is 9.97 Å². The van der Waals surface area contributed by atoms with Crippen LogP contribution in [0.1, 0.15) is 13.8 Å². The van der Waals surface area contributed by atoms with Crippen molar-refractivity contribution in [1.82, 2.24) is 14.7 Å². The molecule has 0 aliphatic rings. The Labute approximate surface area is 133 Å². The molecule has 130 valence electrons. The first-order valence-corrected chi connectivity index (χ1v) is 8.23. The van der Waals surface area contributed by atoms with Crippen LogP contribution in [-0.2, 0) is 10.0 Å². The topological polar surface area (TPSA) is 146 Å². The third kappa shape index (κ3) is 5.49. The van der Waals surface area contributed by atoms with Gasteiger partial charge in [-0.3, -0.25) is 10.1 Å². The molecule has 23 heavy (non-hydrogen) atoms. The standard InChI is InChI=1S/C11H19N5O6S/c1-7(2)15-23(19,20)6-5-12-11-13-9(21-3)8(16(17)18)10(14-11)22-4/h7,15H,5-6H2,1-4H3,(H,12,13,14). The maximum Gasteiger partial charge on any atom is 0.392 e. The molecule has 0 aliphatic carbocycles. The molecule has 1 aromatic heterocycles. The van der Waals surface area contributed by atoms with Crippen molar-refractivity contribution in [3.05, 3.63) is 10.1 Å². The zero-order valence-corrected chi connectivity index (χ0v) is 14.0. The molecule has 0 radical (unpaired) electrons. The van der Waals surface area contributed by atoms with Crippen molar-refractivity contribution in [2.75, 3.05) is 31.8 Å². The van der Waals surface area contributed by atoms with E-state index < -0.39 is 20.6 Å². The van der Waals surface area contributed by atoms with E-state index in [4.69, 9.17) is 9.47 Å². The minimum Gasteiger partial charge on any atom is -0.476 e. The number of aromatic nitrogens is 2. The normalized spacial score (nSPS) is 11.3. The molecule has 11 nitrogen and oxygen atoms in total. The molecular formula is C11H19N5O6S. The van der Waals surface area contributed by atoms with Crippen LogP contribution >= 0.6 is 0 Å². The summed E-state index contributed by atoms with van der Waals surface area (Å²) in [5.74, 6) is -0.819. The van der Waals surface area contributed by atoms with Crippen LogP contribution in [0.15, 0.2) is 0 Å². The highest BCUT2D eigenvalue weighted by molar-refractivity contribution is 7.89. The predicted molar refractivity (Wildman–Crippen MR) is 82.3 cm³/mol. The SMILES string of the molecule is COc1nc(NCCS(=O)(=O)NC(C)C)nc(OC)c1[N+](=O)[O-]. The van der Waals surface area contributed by atoms with Gasteiger partial charge in [0.1, 0.15) is 0 Å². The Hall–Kier alpha value is -2.21. The molecular weight excluding hydrogens is 330 g/mol. The molecule has 12 heteroatoms. The summed E-state index contributed by atoms with van der Waals surface area (Å²) in [7, 11) is -1.01. The molecule has 0 bridgehead atoms. The number of sulfonamides is 1. The van der Waals surface area contributed by atoms with Gasteiger partial charge in [0.05, 0.1) is 24.9 Å². The number of nitro groups is 1. The second-order valence-corrected chi connectivity index (χ2v) is 6.56. The van der Waals surface area contributed by atoms with E-state index in [0.29, 0.717) is 0 Å². The van der Waals surface area contributed by atoms with E-state index in [0.717, 1.165) is 0 Å². The summed E-state index contributed by atoms with van der Waals surface area (Å²) >= 11 is 0. The summed E-state index contributed by atoms with van der Waals surface area (Å²) in [6.07, 6.45) is 0. The molecule has 0 spiro atoms. The lowest BCUT2D eigenvalue weighted by Gasteiger charge is -2.11. The first kappa shape index (κ1) is 18.8. The lowest BCUT2D eigenvalue weighted by molar-refractivity contribution is -0.387. The van der Waals surface area contributed by atoms with E-state index in [1.807, 2.05) is 0 Å². The fourth-order valence-corrected chi connectivity index (χ4v) is 2.86. The van der Waals surface area contributed by atoms with Crippen molar-refractivity contribution in [2.24, 2.45) is 0 Å². The smallest absolute Gasteiger partial charge is 0.392 e. The van der Waals surface area contributed by atoms with E-state index in [2.05, 4.69) is 20.0 Å². The van der Waals surface area contributed by atoms with Crippen LogP contribution in [0.3, 0.4) is 0 Å². The van der Waals surface area contributed by atoms with E-state index in [-0.39, 0.29) is 36.0 Å². The number of hydrogen-bond acceptors (Lipinski definition) is 9. The largest absolute Gasteiger partial charge is 0.476 e. The maximum atomic E-state index is 11.7. The molecule has 0 aromatic carbocycles. The van der Waals surface area contributed by atoms with Crippen molar-refractivity contribution < 1.29 is 22.8 Å².